The SMILES string of the molecule is Cc1ccc(C(=O)NS(=O)(=O)c2ccc(S(C)(=O)=O)cc2)cc1-n1cccc1. The van der Waals surface area contributed by atoms with Crippen molar-refractivity contribution < 1.29 is 21.6 Å². The van der Waals surface area contributed by atoms with Crippen molar-refractivity contribution in [3.63, 3.8) is 0 Å². The Hall–Kier alpha value is -2.91. The minimum absolute atomic E-state index is 0.00678. The first-order chi connectivity index (χ1) is 13.1. The van der Waals surface area contributed by atoms with E-state index in [4.69, 9.17) is 0 Å². The zero-order valence-electron chi connectivity index (χ0n) is 15.2. The van der Waals surface area contributed by atoms with E-state index in [-0.39, 0.29) is 15.4 Å². The number of carbonyl (C=O) groups excluding carboxylic acids is 1. The van der Waals surface area contributed by atoms with Gasteiger partial charge in [-0.05, 0) is 61.0 Å². The van der Waals surface area contributed by atoms with Crippen LogP contribution in [0.15, 0.2) is 76.8 Å². The maximum Gasteiger partial charge on any atom is 0.265 e. The van der Waals surface area contributed by atoms with Crippen LogP contribution in [0.1, 0.15) is 15.9 Å². The molecule has 7 nitrogen and oxygen atoms in total. The molecule has 28 heavy (non-hydrogen) atoms. The van der Waals surface area contributed by atoms with Gasteiger partial charge in [0.05, 0.1) is 9.79 Å². The van der Waals surface area contributed by atoms with Gasteiger partial charge < -0.3 is 4.57 Å². The number of hydrogen-bond donors (Lipinski definition) is 1. The fraction of sp³-hybridized carbons (Fsp3) is 0.105. The van der Waals surface area contributed by atoms with Crippen LogP contribution in [0.5, 0.6) is 0 Å². The van der Waals surface area contributed by atoms with Crippen LogP contribution in [-0.2, 0) is 19.9 Å². The molecule has 0 radical (unpaired) electrons. The molecular formula is C19H18N2O5S2. The second-order valence-corrected chi connectivity index (χ2v) is 9.97. The predicted molar refractivity (Wildman–Crippen MR) is 105 cm³/mol. The zero-order valence-corrected chi connectivity index (χ0v) is 16.8. The van der Waals surface area contributed by atoms with Gasteiger partial charge in [-0.15, -0.1) is 0 Å². The topological polar surface area (TPSA) is 102 Å². The number of nitrogens with one attached hydrogen (secondary N) is 1. The lowest BCUT2D eigenvalue weighted by atomic mass is 10.1. The summed E-state index contributed by atoms with van der Waals surface area (Å²) in [5.74, 6) is -0.777. The van der Waals surface area contributed by atoms with Crippen molar-refractivity contribution in [2.24, 2.45) is 0 Å². The summed E-state index contributed by atoms with van der Waals surface area (Å²) in [7, 11) is -7.59. The lowest BCUT2D eigenvalue weighted by Gasteiger charge is -2.11. The third-order valence-corrected chi connectivity index (χ3v) is 6.62. The van der Waals surface area contributed by atoms with Crippen molar-refractivity contribution in [3.05, 3.63) is 78.1 Å². The van der Waals surface area contributed by atoms with Gasteiger partial charge in [0.1, 0.15) is 0 Å². The first kappa shape index (κ1) is 19.8. The van der Waals surface area contributed by atoms with E-state index in [1.807, 2.05) is 40.7 Å². The first-order valence-electron chi connectivity index (χ1n) is 8.19. The number of benzene rings is 2. The van der Waals surface area contributed by atoms with Crippen molar-refractivity contribution in [1.29, 1.82) is 0 Å². The Bertz CT molecular complexity index is 1230. The maximum absolute atomic E-state index is 12.5. The van der Waals surface area contributed by atoms with Gasteiger partial charge in [0.15, 0.2) is 9.84 Å². The van der Waals surface area contributed by atoms with Crippen LogP contribution < -0.4 is 4.72 Å². The summed E-state index contributed by atoms with van der Waals surface area (Å²) in [6, 6.07) is 13.2. The molecule has 3 rings (SSSR count). The van der Waals surface area contributed by atoms with E-state index in [0.29, 0.717) is 0 Å². The summed E-state index contributed by atoms with van der Waals surface area (Å²) in [5, 5.41) is 0. The van der Waals surface area contributed by atoms with Gasteiger partial charge in [-0.2, -0.15) is 0 Å². The Morgan fingerprint density at radius 1 is 0.893 bits per heavy atom. The van der Waals surface area contributed by atoms with Gasteiger partial charge in [-0.25, -0.2) is 21.6 Å². The summed E-state index contributed by atoms with van der Waals surface area (Å²) in [6.07, 6.45) is 4.67. The molecule has 3 aromatic rings. The first-order valence-corrected chi connectivity index (χ1v) is 11.6. The molecule has 0 bridgehead atoms. The molecule has 0 fully saturated rings. The summed E-state index contributed by atoms with van der Waals surface area (Å²) in [4.78, 5) is 12.3. The van der Waals surface area contributed by atoms with Crippen molar-refractivity contribution in [2.75, 3.05) is 6.26 Å². The highest BCUT2D eigenvalue weighted by Gasteiger charge is 2.20. The number of aromatic nitrogens is 1. The molecule has 1 heterocycles. The van der Waals surface area contributed by atoms with E-state index in [1.165, 1.54) is 12.1 Å². The molecule has 0 saturated heterocycles. The van der Waals surface area contributed by atoms with Crippen LogP contribution in [0.2, 0.25) is 0 Å². The van der Waals surface area contributed by atoms with E-state index < -0.39 is 25.8 Å². The summed E-state index contributed by atoms with van der Waals surface area (Å²) in [6.45, 7) is 1.89. The monoisotopic (exact) mass is 418 g/mol. The van der Waals surface area contributed by atoms with Crippen LogP contribution in [0.4, 0.5) is 0 Å². The highest BCUT2D eigenvalue weighted by Crippen LogP contribution is 2.18. The number of aryl methyl sites for hydroxylation is 1. The normalized spacial score (nSPS) is 11.9. The third kappa shape index (κ3) is 4.15. The standard InChI is InChI=1S/C19H18N2O5S2/c1-14-5-6-15(13-18(14)21-11-3-4-12-21)19(22)20-28(25,26)17-9-7-16(8-10-17)27(2,23)24/h3-13H,1-2H3,(H,20,22). The highest BCUT2D eigenvalue weighted by atomic mass is 32.2. The predicted octanol–water partition coefficient (Wildman–Crippen LogP) is 2.31. The molecule has 146 valence electrons. The van der Waals surface area contributed by atoms with Gasteiger partial charge in [-0.1, -0.05) is 6.07 Å². The van der Waals surface area contributed by atoms with Crippen molar-refractivity contribution in [3.8, 4) is 5.69 Å². The third-order valence-electron chi connectivity index (χ3n) is 4.14. The second-order valence-electron chi connectivity index (χ2n) is 6.27. The molecule has 1 aromatic heterocycles. The molecule has 0 aliphatic heterocycles. The fourth-order valence-electron chi connectivity index (χ4n) is 2.63. The molecule has 0 unspecified atom stereocenters. The van der Waals surface area contributed by atoms with Crippen LogP contribution in [0.3, 0.4) is 0 Å². The largest absolute Gasteiger partial charge is 0.324 e. The van der Waals surface area contributed by atoms with Gasteiger partial charge in [0.2, 0.25) is 0 Å². The number of sulfone groups is 1. The second kappa shape index (κ2) is 7.25. The van der Waals surface area contributed by atoms with Gasteiger partial charge in [0.25, 0.3) is 15.9 Å². The van der Waals surface area contributed by atoms with E-state index in [0.717, 1.165) is 29.6 Å². The smallest absolute Gasteiger partial charge is 0.265 e. The Balaban J connectivity index is 1.87. The fourth-order valence-corrected chi connectivity index (χ4v) is 4.23. The maximum atomic E-state index is 12.5. The molecule has 9 heteroatoms. The molecule has 0 atom stereocenters. The van der Waals surface area contributed by atoms with Crippen molar-refractivity contribution >= 4 is 25.8 Å². The zero-order chi connectivity index (χ0) is 20.5. The quantitative estimate of drug-likeness (QED) is 0.685. The Labute approximate surface area is 163 Å². The van der Waals surface area contributed by atoms with Crippen LogP contribution in [0.25, 0.3) is 5.69 Å². The van der Waals surface area contributed by atoms with E-state index in [1.54, 1.807) is 18.2 Å². The number of nitrogens with zero attached hydrogens (tertiary/aromatic N) is 1. The Kier molecular flexibility index (Phi) is 5.14. The minimum Gasteiger partial charge on any atom is -0.324 e. The molecule has 0 spiro atoms. The molecule has 0 aliphatic rings. The molecule has 1 N–H and O–H groups in total. The molecule has 1 amide bonds. The van der Waals surface area contributed by atoms with Crippen molar-refractivity contribution in [2.45, 2.75) is 16.7 Å². The minimum atomic E-state index is -4.15. The average molecular weight is 418 g/mol. The molecule has 2 aromatic carbocycles. The van der Waals surface area contributed by atoms with Gasteiger partial charge in [0, 0.05) is 29.9 Å². The molecular weight excluding hydrogens is 400 g/mol. The summed E-state index contributed by atoms with van der Waals surface area (Å²) < 4.78 is 51.8. The number of rotatable bonds is 5. The Morgan fingerprint density at radius 2 is 1.46 bits per heavy atom. The van der Waals surface area contributed by atoms with Gasteiger partial charge >= 0.3 is 0 Å². The number of sulfonamides is 1. The number of hydrogen-bond acceptors (Lipinski definition) is 5. The van der Waals surface area contributed by atoms with Crippen LogP contribution in [0, 0.1) is 6.92 Å². The number of amides is 1. The van der Waals surface area contributed by atoms with Crippen molar-refractivity contribution in [1.82, 2.24) is 9.29 Å². The highest BCUT2D eigenvalue weighted by molar-refractivity contribution is 7.91. The van der Waals surface area contributed by atoms with E-state index >= 15 is 0 Å². The Morgan fingerprint density at radius 3 is 2.04 bits per heavy atom. The van der Waals surface area contributed by atoms with Gasteiger partial charge in [-0.3, -0.25) is 4.79 Å². The summed E-state index contributed by atoms with van der Waals surface area (Å²) >= 11 is 0. The van der Waals surface area contributed by atoms with E-state index in [2.05, 4.69) is 0 Å². The summed E-state index contributed by atoms with van der Waals surface area (Å²) in [5.41, 5.74) is 1.87. The molecule has 0 aliphatic carbocycles. The number of carbonyl (C=O) groups is 1. The lowest BCUT2D eigenvalue weighted by molar-refractivity contribution is 0.0981. The van der Waals surface area contributed by atoms with Crippen LogP contribution >= 0.6 is 0 Å². The lowest BCUT2D eigenvalue weighted by Crippen LogP contribution is -2.30. The molecule has 0 saturated carbocycles. The average Bonchev–Trinajstić information content (AvgIpc) is 3.15. The van der Waals surface area contributed by atoms with E-state index in [9.17, 15) is 21.6 Å². The van der Waals surface area contributed by atoms with Crippen LogP contribution in [-0.4, -0.2) is 33.6 Å².